The Bertz CT molecular complexity index is 531. The minimum absolute atomic E-state index is 0.0999. The lowest BCUT2D eigenvalue weighted by molar-refractivity contribution is 0.522. The van der Waals surface area contributed by atoms with Crippen LogP contribution in [0.2, 0.25) is 10.0 Å². The first-order valence-corrected chi connectivity index (χ1v) is 6.73. The molecule has 19 heavy (non-hydrogen) atoms. The van der Waals surface area contributed by atoms with Crippen molar-refractivity contribution in [1.82, 2.24) is 10.4 Å². The van der Waals surface area contributed by atoms with Gasteiger partial charge in [-0.25, -0.2) is 0 Å². The van der Waals surface area contributed by atoms with E-state index in [1.165, 1.54) is 0 Å². The van der Waals surface area contributed by atoms with Crippen molar-refractivity contribution in [3.8, 4) is 0 Å². The first-order chi connectivity index (χ1) is 9.19. The second-order valence-corrected chi connectivity index (χ2v) is 5.21. The largest absolute Gasteiger partial charge is 0.271 e. The molecule has 0 aliphatic rings. The van der Waals surface area contributed by atoms with Gasteiger partial charge in [-0.15, -0.1) is 0 Å². The van der Waals surface area contributed by atoms with E-state index in [-0.39, 0.29) is 6.04 Å². The van der Waals surface area contributed by atoms with Gasteiger partial charge in [-0.05, 0) is 42.2 Å². The highest BCUT2D eigenvalue weighted by Crippen LogP contribution is 2.22. The Morgan fingerprint density at radius 2 is 2.05 bits per heavy atom. The lowest BCUT2D eigenvalue weighted by Crippen LogP contribution is -2.38. The van der Waals surface area contributed by atoms with Crippen LogP contribution in [0.1, 0.15) is 11.1 Å². The monoisotopic (exact) mass is 295 g/mol. The number of hydrogen-bond acceptors (Lipinski definition) is 3. The Morgan fingerprint density at radius 1 is 1.21 bits per heavy atom. The van der Waals surface area contributed by atoms with Gasteiger partial charge in [0.05, 0.1) is 0 Å². The van der Waals surface area contributed by atoms with Crippen molar-refractivity contribution in [2.24, 2.45) is 5.84 Å². The molecule has 0 spiro atoms. The average molecular weight is 296 g/mol. The van der Waals surface area contributed by atoms with E-state index >= 15 is 0 Å². The fourth-order valence-electron chi connectivity index (χ4n) is 1.95. The zero-order valence-corrected chi connectivity index (χ0v) is 11.8. The molecule has 5 heteroatoms. The van der Waals surface area contributed by atoms with Crippen molar-refractivity contribution in [3.05, 3.63) is 63.9 Å². The Hall–Kier alpha value is -1.13. The van der Waals surface area contributed by atoms with Crippen molar-refractivity contribution in [2.45, 2.75) is 18.9 Å². The first-order valence-electron chi connectivity index (χ1n) is 5.98. The fourth-order valence-corrected chi connectivity index (χ4v) is 2.43. The van der Waals surface area contributed by atoms with Crippen LogP contribution in [0.15, 0.2) is 42.7 Å². The number of nitrogens with zero attached hydrogens (tertiary/aromatic N) is 1. The van der Waals surface area contributed by atoms with Gasteiger partial charge in [-0.3, -0.25) is 16.3 Å². The number of nitrogens with one attached hydrogen (secondary N) is 1. The van der Waals surface area contributed by atoms with Gasteiger partial charge < -0.3 is 0 Å². The maximum Gasteiger partial charge on any atom is 0.0453 e. The van der Waals surface area contributed by atoms with Crippen LogP contribution < -0.4 is 11.3 Å². The van der Waals surface area contributed by atoms with Crippen LogP contribution in [0.5, 0.6) is 0 Å². The lowest BCUT2D eigenvalue weighted by Gasteiger charge is -2.16. The number of hydrazine groups is 1. The molecule has 3 N–H and O–H groups in total. The highest BCUT2D eigenvalue weighted by molar-refractivity contribution is 6.35. The number of pyridine rings is 1. The highest BCUT2D eigenvalue weighted by atomic mass is 35.5. The van der Waals surface area contributed by atoms with Crippen molar-refractivity contribution >= 4 is 23.2 Å². The number of halogens is 2. The third-order valence-electron chi connectivity index (χ3n) is 2.92. The first kappa shape index (κ1) is 14.3. The standard InChI is InChI=1S/C14H15Cl2N3/c15-12-4-3-11(14(16)8-12)7-13(19-17)6-10-2-1-5-18-9-10/h1-5,8-9,13,19H,6-7,17H2. The summed E-state index contributed by atoms with van der Waals surface area (Å²) in [4.78, 5) is 4.10. The van der Waals surface area contributed by atoms with Crippen molar-refractivity contribution in [1.29, 1.82) is 0 Å². The van der Waals surface area contributed by atoms with Gasteiger partial charge >= 0.3 is 0 Å². The van der Waals surface area contributed by atoms with E-state index < -0.39 is 0 Å². The number of benzene rings is 1. The predicted octanol–water partition coefficient (Wildman–Crippen LogP) is 3.01. The molecule has 100 valence electrons. The van der Waals surface area contributed by atoms with Gasteiger partial charge in [0, 0.05) is 28.5 Å². The highest BCUT2D eigenvalue weighted by Gasteiger charge is 2.11. The van der Waals surface area contributed by atoms with Gasteiger partial charge in [0.25, 0.3) is 0 Å². The fraction of sp³-hybridized carbons (Fsp3) is 0.214. The van der Waals surface area contributed by atoms with Crippen LogP contribution in [0.4, 0.5) is 0 Å². The molecule has 2 aromatic rings. The Balaban J connectivity index is 2.06. The maximum atomic E-state index is 6.17. The quantitative estimate of drug-likeness (QED) is 0.658. The van der Waals surface area contributed by atoms with E-state index in [1.54, 1.807) is 12.3 Å². The molecule has 1 heterocycles. The Labute approximate surface area is 122 Å². The van der Waals surface area contributed by atoms with E-state index in [0.717, 1.165) is 24.0 Å². The molecule has 0 saturated carbocycles. The molecule has 0 saturated heterocycles. The SMILES string of the molecule is NNC(Cc1cccnc1)Cc1ccc(Cl)cc1Cl. The molecule has 0 fully saturated rings. The molecule has 1 aromatic carbocycles. The molecule has 1 aromatic heterocycles. The number of nitrogens with two attached hydrogens (primary N) is 1. The molecule has 0 aliphatic carbocycles. The summed E-state index contributed by atoms with van der Waals surface area (Å²) in [7, 11) is 0. The summed E-state index contributed by atoms with van der Waals surface area (Å²) in [6, 6.07) is 9.55. The predicted molar refractivity (Wildman–Crippen MR) is 79.2 cm³/mol. The minimum Gasteiger partial charge on any atom is -0.271 e. The van der Waals surface area contributed by atoms with Gasteiger partial charge in [-0.1, -0.05) is 35.3 Å². The van der Waals surface area contributed by atoms with E-state index in [1.807, 2.05) is 30.5 Å². The Kier molecular flexibility index (Phi) is 5.16. The molecule has 0 amide bonds. The molecule has 0 aliphatic heterocycles. The van der Waals surface area contributed by atoms with Crippen LogP contribution in [0.25, 0.3) is 0 Å². The average Bonchev–Trinajstić information content (AvgIpc) is 2.42. The second kappa shape index (κ2) is 6.87. The van der Waals surface area contributed by atoms with Crippen LogP contribution in [0, 0.1) is 0 Å². The smallest absolute Gasteiger partial charge is 0.0453 e. The van der Waals surface area contributed by atoms with Crippen molar-refractivity contribution in [2.75, 3.05) is 0 Å². The van der Waals surface area contributed by atoms with Gasteiger partial charge in [0.2, 0.25) is 0 Å². The van der Waals surface area contributed by atoms with Crippen molar-refractivity contribution in [3.63, 3.8) is 0 Å². The van der Waals surface area contributed by atoms with Crippen LogP contribution in [-0.4, -0.2) is 11.0 Å². The molecular formula is C14H15Cl2N3. The minimum atomic E-state index is 0.0999. The molecule has 3 nitrogen and oxygen atoms in total. The summed E-state index contributed by atoms with van der Waals surface area (Å²) in [6.45, 7) is 0. The lowest BCUT2D eigenvalue weighted by atomic mass is 10.0. The van der Waals surface area contributed by atoms with Crippen LogP contribution >= 0.6 is 23.2 Å². The third-order valence-corrected chi connectivity index (χ3v) is 3.51. The topological polar surface area (TPSA) is 50.9 Å². The summed E-state index contributed by atoms with van der Waals surface area (Å²) >= 11 is 12.1. The molecule has 1 unspecified atom stereocenters. The zero-order valence-electron chi connectivity index (χ0n) is 10.3. The summed E-state index contributed by atoms with van der Waals surface area (Å²) < 4.78 is 0. The molecule has 1 atom stereocenters. The number of hydrogen-bond donors (Lipinski definition) is 2. The second-order valence-electron chi connectivity index (χ2n) is 4.37. The van der Waals surface area contributed by atoms with Crippen LogP contribution in [0.3, 0.4) is 0 Å². The zero-order chi connectivity index (χ0) is 13.7. The third kappa shape index (κ3) is 4.18. The van der Waals surface area contributed by atoms with E-state index in [9.17, 15) is 0 Å². The van der Waals surface area contributed by atoms with E-state index in [2.05, 4.69) is 10.4 Å². The van der Waals surface area contributed by atoms with Crippen LogP contribution in [-0.2, 0) is 12.8 Å². The van der Waals surface area contributed by atoms with Gasteiger partial charge in [0.1, 0.15) is 0 Å². The number of aromatic nitrogens is 1. The summed E-state index contributed by atoms with van der Waals surface area (Å²) in [5.74, 6) is 5.61. The summed E-state index contributed by atoms with van der Waals surface area (Å²) in [6.07, 6.45) is 5.13. The van der Waals surface area contributed by atoms with Gasteiger partial charge in [-0.2, -0.15) is 0 Å². The molecule has 0 radical (unpaired) electrons. The Morgan fingerprint density at radius 3 is 2.68 bits per heavy atom. The van der Waals surface area contributed by atoms with Gasteiger partial charge in [0.15, 0.2) is 0 Å². The van der Waals surface area contributed by atoms with E-state index in [0.29, 0.717) is 10.0 Å². The molecule has 2 rings (SSSR count). The molecule has 0 bridgehead atoms. The number of rotatable bonds is 5. The van der Waals surface area contributed by atoms with Crippen molar-refractivity contribution < 1.29 is 0 Å². The summed E-state index contributed by atoms with van der Waals surface area (Å²) in [5, 5.41) is 1.30. The molecular weight excluding hydrogens is 281 g/mol. The van der Waals surface area contributed by atoms with E-state index in [4.69, 9.17) is 29.0 Å². The summed E-state index contributed by atoms with van der Waals surface area (Å²) in [5.41, 5.74) is 4.98. The normalized spacial score (nSPS) is 12.4. The maximum absolute atomic E-state index is 6.17.